The van der Waals surface area contributed by atoms with Crippen LogP contribution in [0.15, 0.2) is 31.1 Å². The summed E-state index contributed by atoms with van der Waals surface area (Å²) in [5.41, 5.74) is 1.41. The van der Waals surface area contributed by atoms with E-state index in [-0.39, 0.29) is 0 Å². The van der Waals surface area contributed by atoms with Crippen LogP contribution in [0.3, 0.4) is 0 Å². The topological polar surface area (TPSA) is 63.8 Å². The number of aromatic nitrogens is 4. The molecule has 2 rings (SSSR count). The van der Waals surface area contributed by atoms with Crippen LogP contribution in [0.2, 0.25) is 0 Å². The lowest BCUT2D eigenvalue weighted by Crippen LogP contribution is -1.99. The zero-order chi connectivity index (χ0) is 9.97. The number of nitrogens with zero attached hydrogens (tertiary/aromatic N) is 4. The Morgan fingerprint density at radius 3 is 2.50 bits per heavy atom. The van der Waals surface area contributed by atoms with Gasteiger partial charge in [-0.1, -0.05) is 0 Å². The van der Waals surface area contributed by atoms with E-state index in [1.54, 1.807) is 36.5 Å². The van der Waals surface area contributed by atoms with Gasteiger partial charge in [0.2, 0.25) is 0 Å². The highest BCUT2D eigenvalue weighted by atomic mass is 16.3. The van der Waals surface area contributed by atoms with Crippen molar-refractivity contribution in [3.63, 3.8) is 0 Å². The van der Waals surface area contributed by atoms with Crippen molar-refractivity contribution in [2.45, 2.75) is 6.10 Å². The van der Waals surface area contributed by atoms with E-state index in [1.807, 2.05) is 0 Å². The average Bonchev–Trinajstić information content (AvgIpc) is 2.65. The highest BCUT2D eigenvalue weighted by molar-refractivity contribution is 5.21. The van der Waals surface area contributed by atoms with Crippen molar-refractivity contribution in [3.8, 4) is 0 Å². The molecule has 0 aliphatic rings. The van der Waals surface area contributed by atoms with Crippen molar-refractivity contribution in [2.75, 3.05) is 0 Å². The first-order valence-electron chi connectivity index (χ1n) is 4.19. The summed E-state index contributed by atoms with van der Waals surface area (Å²) in [4.78, 5) is 7.68. The quantitative estimate of drug-likeness (QED) is 0.739. The van der Waals surface area contributed by atoms with Gasteiger partial charge >= 0.3 is 0 Å². The number of hydrogen-bond acceptors (Lipinski definition) is 4. The SMILES string of the molecule is Cn1cc(C(O)c2cncnc2)cn1. The van der Waals surface area contributed by atoms with Crippen molar-refractivity contribution < 1.29 is 5.11 Å². The van der Waals surface area contributed by atoms with E-state index in [9.17, 15) is 5.11 Å². The van der Waals surface area contributed by atoms with Crippen LogP contribution in [0.4, 0.5) is 0 Å². The van der Waals surface area contributed by atoms with Crippen molar-refractivity contribution in [1.82, 2.24) is 19.7 Å². The Balaban J connectivity index is 2.29. The maximum atomic E-state index is 9.87. The Morgan fingerprint density at radius 1 is 1.21 bits per heavy atom. The standard InChI is InChI=1S/C9H10N4O/c1-13-5-8(4-12-13)9(14)7-2-10-6-11-3-7/h2-6,9,14H,1H3. The zero-order valence-corrected chi connectivity index (χ0v) is 7.70. The molecule has 0 bridgehead atoms. The van der Waals surface area contributed by atoms with Crippen molar-refractivity contribution in [3.05, 3.63) is 42.2 Å². The van der Waals surface area contributed by atoms with Gasteiger partial charge in [-0.2, -0.15) is 5.10 Å². The second-order valence-electron chi connectivity index (χ2n) is 3.02. The fourth-order valence-corrected chi connectivity index (χ4v) is 1.23. The smallest absolute Gasteiger partial charge is 0.115 e. The number of hydrogen-bond donors (Lipinski definition) is 1. The summed E-state index contributed by atoms with van der Waals surface area (Å²) in [6.45, 7) is 0. The van der Waals surface area contributed by atoms with Crippen LogP contribution in [-0.2, 0) is 7.05 Å². The Labute approximate surface area is 81.1 Å². The van der Waals surface area contributed by atoms with E-state index < -0.39 is 6.10 Å². The predicted octanol–water partition coefficient (Wildman–Crippen LogP) is 0.292. The molecule has 72 valence electrons. The molecular weight excluding hydrogens is 180 g/mol. The third kappa shape index (κ3) is 1.62. The summed E-state index contributed by atoms with van der Waals surface area (Å²) in [6.07, 6.45) is 7.29. The number of aliphatic hydroxyl groups excluding tert-OH is 1. The molecule has 5 nitrogen and oxygen atoms in total. The van der Waals surface area contributed by atoms with Gasteiger partial charge in [0.15, 0.2) is 0 Å². The van der Waals surface area contributed by atoms with Crippen LogP contribution in [0.5, 0.6) is 0 Å². The molecule has 14 heavy (non-hydrogen) atoms. The van der Waals surface area contributed by atoms with Crippen LogP contribution in [-0.4, -0.2) is 24.9 Å². The summed E-state index contributed by atoms with van der Waals surface area (Å²) in [5.74, 6) is 0. The van der Waals surface area contributed by atoms with Crippen molar-refractivity contribution in [1.29, 1.82) is 0 Å². The fraction of sp³-hybridized carbons (Fsp3) is 0.222. The molecule has 0 aliphatic carbocycles. The van der Waals surface area contributed by atoms with E-state index >= 15 is 0 Å². The first-order valence-corrected chi connectivity index (χ1v) is 4.19. The van der Waals surface area contributed by atoms with Gasteiger partial charge in [-0.3, -0.25) is 4.68 Å². The monoisotopic (exact) mass is 190 g/mol. The molecule has 2 aromatic heterocycles. The summed E-state index contributed by atoms with van der Waals surface area (Å²) < 4.78 is 1.64. The summed E-state index contributed by atoms with van der Waals surface area (Å²) in [7, 11) is 1.80. The summed E-state index contributed by atoms with van der Waals surface area (Å²) >= 11 is 0. The molecule has 0 fully saturated rings. The summed E-state index contributed by atoms with van der Waals surface area (Å²) in [6, 6.07) is 0. The van der Waals surface area contributed by atoms with Gasteiger partial charge < -0.3 is 5.11 Å². The molecule has 1 atom stereocenters. The van der Waals surface area contributed by atoms with E-state index in [0.29, 0.717) is 5.56 Å². The fourth-order valence-electron chi connectivity index (χ4n) is 1.23. The Hall–Kier alpha value is -1.75. The molecule has 2 heterocycles. The first-order chi connectivity index (χ1) is 6.77. The first kappa shape index (κ1) is 8.83. The van der Waals surface area contributed by atoms with Gasteiger partial charge in [0.25, 0.3) is 0 Å². The minimum atomic E-state index is -0.704. The van der Waals surface area contributed by atoms with Gasteiger partial charge in [0.1, 0.15) is 12.4 Å². The van der Waals surface area contributed by atoms with Gasteiger partial charge in [0, 0.05) is 36.8 Å². The van der Waals surface area contributed by atoms with E-state index in [0.717, 1.165) is 5.56 Å². The normalized spacial score (nSPS) is 12.7. The van der Waals surface area contributed by atoms with Gasteiger partial charge in [0.05, 0.1) is 6.20 Å². The maximum absolute atomic E-state index is 9.87. The molecule has 2 aromatic rings. The van der Waals surface area contributed by atoms with Crippen LogP contribution in [0.1, 0.15) is 17.2 Å². The highest BCUT2D eigenvalue weighted by Gasteiger charge is 2.11. The van der Waals surface area contributed by atoms with Gasteiger partial charge in [-0.05, 0) is 0 Å². The van der Waals surface area contributed by atoms with Gasteiger partial charge in [-0.25, -0.2) is 9.97 Å². The number of aliphatic hydroxyl groups is 1. The molecular formula is C9H10N4O. The van der Waals surface area contributed by atoms with Crippen LogP contribution in [0.25, 0.3) is 0 Å². The van der Waals surface area contributed by atoms with Crippen LogP contribution in [0, 0.1) is 0 Å². The predicted molar refractivity (Wildman–Crippen MR) is 49.3 cm³/mol. The van der Waals surface area contributed by atoms with Crippen LogP contribution < -0.4 is 0 Å². The van der Waals surface area contributed by atoms with Crippen LogP contribution >= 0.6 is 0 Å². The Morgan fingerprint density at radius 2 is 1.93 bits per heavy atom. The summed E-state index contributed by atoms with van der Waals surface area (Å²) in [5, 5.41) is 13.9. The molecule has 0 amide bonds. The Bertz CT molecular complexity index is 412. The molecule has 0 spiro atoms. The van der Waals surface area contributed by atoms with Crippen molar-refractivity contribution >= 4 is 0 Å². The lowest BCUT2D eigenvalue weighted by molar-refractivity contribution is 0.219. The molecule has 5 heteroatoms. The van der Waals surface area contributed by atoms with E-state index in [2.05, 4.69) is 15.1 Å². The molecule has 0 aliphatic heterocycles. The second kappa shape index (κ2) is 3.55. The van der Waals surface area contributed by atoms with Crippen molar-refractivity contribution in [2.24, 2.45) is 7.05 Å². The molecule has 0 aromatic carbocycles. The number of rotatable bonds is 2. The lowest BCUT2D eigenvalue weighted by atomic mass is 10.1. The third-order valence-corrected chi connectivity index (χ3v) is 1.94. The molecule has 1 N–H and O–H groups in total. The second-order valence-corrected chi connectivity index (χ2v) is 3.02. The largest absolute Gasteiger partial charge is 0.383 e. The maximum Gasteiger partial charge on any atom is 0.115 e. The zero-order valence-electron chi connectivity index (χ0n) is 7.70. The average molecular weight is 190 g/mol. The Kier molecular flexibility index (Phi) is 2.24. The third-order valence-electron chi connectivity index (χ3n) is 1.94. The highest BCUT2D eigenvalue weighted by Crippen LogP contribution is 2.18. The van der Waals surface area contributed by atoms with E-state index in [4.69, 9.17) is 0 Å². The molecule has 1 unspecified atom stereocenters. The minimum Gasteiger partial charge on any atom is -0.383 e. The molecule has 0 saturated heterocycles. The molecule has 0 radical (unpaired) electrons. The lowest BCUT2D eigenvalue weighted by Gasteiger charge is -2.06. The van der Waals surface area contributed by atoms with Gasteiger partial charge in [-0.15, -0.1) is 0 Å². The number of aryl methyl sites for hydroxylation is 1. The van der Waals surface area contributed by atoms with E-state index in [1.165, 1.54) is 6.33 Å². The molecule has 0 saturated carbocycles. The minimum absolute atomic E-state index is 0.667.